The number of aryl methyl sites for hydroxylation is 2. The van der Waals surface area contributed by atoms with E-state index in [1.165, 1.54) is 0 Å². The van der Waals surface area contributed by atoms with Crippen molar-refractivity contribution in [1.29, 1.82) is 0 Å². The molecule has 3 rings (SSSR count). The monoisotopic (exact) mass is 325 g/mol. The molecule has 0 saturated heterocycles. The summed E-state index contributed by atoms with van der Waals surface area (Å²) < 4.78 is 1.75. The largest absolute Gasteiger partial charge is 0.361 e. The number of aromatic nitrogens is 2. The first-order valence-corrected chi connectivity index (χ1v) is 7.58. The van der Waals surface area contributed by atoms with Crippen molar-refractivity contribution in [3.05, 3.63) is 46.1 Å². The molecule has 116 valence electrons. The lowest BCUT2D eigenvalue weighted by molar-refractivity contribution is 0.758. The third-order valence-corrected chi connectivity index (χ3v) is 3.91. The summed E-state index contributed by atoms with van der Waals surface area (Å²) in [6.07, 6.45) is 5.31. The molecule has 0 unspecified atom stereocenters. The number of terminal acetylenes is 1. The molecular formula is C17H16ClN5. The summed E-state index contributed by atoms with van der Waals surface area (Å²) in [6.45, 7) is 2.76. The lowest BCUT2D eigenvalue weighted by Crippen LogP contribution is -2.26. The van der Waals surface area contributed by atoms with Crippen molar-refractivity contribution in [3.8, 4) is 12.3 Å². The van der Waals surface area contributed by atoms with Gasteiger partial charge in [0, 0.05) is 17.6 Å². The highest BCUT2D eigenvalue weighted by molar-refractivity contribution is 6.36. The van der Waals surface area contributed by atoms with E-state index >= 15 is 0 Å². The van der Waals surface area contributed by atoms with Gasteiger partial charge in [-0.05, 0) is 13.0 Å². The fraction of sp³-hybridized carbons (Fsp3) is 0.235. The van der Waals surface area contributed by atoms with Gasteiger partial charge in [-0.25, -0.2) is 4.99 Å². The van der Waals surface area contributed by atoms with Gasteiger partial charge in [-0.2, -0.15) is 5.10 Å². The zero-order chi connectivity index (χ0) is 16.4. The average Bonchev–Trinajstić information content (AvgIpc) is 2.72. The van der Waals surface area contributed by atoms with Gasteiger partial charge in [-0.1, -0.05) is 35.7 Å². The van der Waals surface area contributed by atoms with Gasteiger partial charge in [0.25, 0.3) is 0 Å². The van der Waals surface area contributed by atoms with Crippen LogP contribution < -0.4 is 5.32 Å². The molecule has 1 N–H and O–H groups in total. The fourth-order valence-corrected chi connectivity index (χ4v) is 2.79. The second kappa shape index (κ2) is 6.27. The van der Waals surface area contributed by atoms with Gasteiger partial charge in [-0.15, -0.1) is 6.42 Å². The molecule has 1 aromatic heterocycles. The van der Waals surface area contributed by atoms with E-state index in [0.717, 1.165) is 28.4 Å². The molecule has 2 aromatic rings. The molecule has 0 fully saturated rings. The van der Waals surface area contributed by atoms with Crippen LogP contribution in [0.2, 0.25) is 5.02 Å². The standard InChI is InChI=1S/C17H16ClN5/c1-4-9-19-14-10-20-16(12-7-5-6-8-13(12)18)15-11(2)22-23(3)17(15)21-14/h1,5-8H,9-10H2,2-3H3,(H,19,21). The molecule has 0 aliphatic carbocycles. The van der Waals surface area contributed by atoms with Crippen molar-refractivity contribution in [2.75, 3.05) is 13.1 Å². The molecule has 23 heavy (non-hydrogen) atoms. The number of nitrogens with one attached hydrogen (secondary N) is 1. The first kappa shape index (κ1) is 15.3. The molecular weight excluding hydrogens is 310 g/mol. The van der Waals surface area contributed by atoms with Crippen LogP contribution in [0.5, 0.6) is 0 Å². The average molecular weight is 326 g/mol. The third-order valence-electron chi connectivity index (χ3n) is 3.58. The molecule has 0 spiro atoms. The molecule has 5 nitrogen and oxygen atoms in total. The Morgan fingerprint density at radius 2 is 2.17 bits per heavy atom. The number of halogens is 1. The highest BCUT2D eigenvalue weighted by Crippen LogP contribution is 2.30. The van der Waals surface area contributed by atoms with E-state index in [1.807, 2.05) is 38.2 Å². The maximum absolute atomic E-state index is 6.37. The number of nitrogens with zero attached hydrogens (tertiary/aromatic N) is 4. The Kier molecular flexibility index (Phi) is 4.18. The van der Waals surface area contributed by atoms with Crippen LogP contribution in [0, 0.1) is 19.3 Å². The quantitative estimate of drug-likeness (QED) is 0.862. The predicted molar refractivity (Wildman–Crippen MR) is 93.8 cm³/mol. The second-order valence-electron chi connectivity index (χ2n) is 5.17. The first-order valence-electron chi connectivity index (χ1n) is 7.20. The van der Waals surface area contributed by atoms with Crippen LogP contribution in [0.4, 0.5) is 5.82 Å². The van der Waals surface area contributed by atoms with E-state index in [1.54, 1.807) is 4.68 Å². The number of fused-ring (bicyclic) bond motifs is 1. The van der Waals surface area contributed by atoms with Crippen LogP contribution in [0.15, 0.2) is 34.3 Å². The minimum absolute atomic E-state index is 0.405. The smallest absolute Gasteiger partial charge is 0.162 e. The number of amidine groups is 1. The SMILES string of the molecule is C#CCNC1=Nc2c(c(C)nn2C)C(c2ccccc2Cl)=NC1. The van der Waals surface area contributed by atoms with Crippen molar-refractivity contribution in [3.63, 3.8) is 0 Å². The summed E-state index contributed by atoms with van der Waals surface area (Å²) in [6, 6.07) is 7.65. The van der Waals surface area contributed by atoms with Crippen molar-refractivity contribution in [1.82, 2.24) is 15.1 Å². The third kappa shape index (κ3) is 2.86. The number of hydrogen-bond acceptors (Lipinski definition) is 4. The Morgan fingerprint density at radius 3 is 2.91 bits per heavy atom. The Bertz CT molecular complexity index is 854. The number of benzene rings is 1. The first-order chi connectivity index (χ1) is 11.1. The molecule has 0 atom stereocenters. The molecule has 0 radical (unpaired) electrons. The number of rotatable bonds is 2. The lowest BCUT2D eigenvalue weighted by atomic mass is 10.0. The molecule has 0 saturated carbocycles. The van der Waals surface area contributed by atoms with E-state index < -0.39 is 0 Å². The maximum atomic E-state index is 6.37. The molecule has 6 heteroatoms. The van der Waals surface area contributed by atoms with Crippen LogP contribution in [0.25, 0.3) is 0 Å². The minimum atomic E-state index is 0.405. The van der Waals surface area contributed by atoms with Crippen LogP contribution in [0.3, 0.4) is 0 Å². The van der Waals surface area contributed by atoms with E-state index in [0.29, 0.717) is 23.9 Å². The highest BCUT2D eigenvalue weighted by atomic mass is 35.5. The number of hydrogen-bond donors (Lipinski definition) is 1. The van der Waals surface area contributed by atoms with Gasteiger partial charge in [0.1, 0.15) is 5.84 Å². The van der Waals surface area contributed by atoms with Gasteiger partial charge in [-0.3, -0.25) is 9.67 Å². The fourth-order valence-electron chi connectivity index (χ4n) is 2.57. The summed E-state index contributed by atoms with van der Waals surface area (Å²) in [5.74, 6) is 4.01. The van der Waals surface area contributed by atoms with Gasteiger partial charge in [0.2, 0.25) is 0 Å². The Labute approximate surface area is 140 Å². The van der Waals surface area contributed by atoms with Gasteiger partial charge in [0.15, 0.2) is 5.82 Å². The summed E-state index contributed by atoms with van der Waals surface area (Å²) in [7, 11) is 1.86. The molecule has 2 heterocycles. The van der Waals surface area contributed by atoms with Crippen molar-refractivity contribution < 1.29 is 0 Å². The summed E-state index contributed by atoms with van der Waals surface area (Å²) in [5, 5.41) is 8.23. The van der Waals surface area contributed by atoms with Gasteiger partial charge >= 0.3 is 0 Å². The Balaban J connectivity index is 2.16. The second-order valence-corrected chi connectivity index (χ2v) is 5.58. The normalized spacial score (nSPS) is 13.5. The summed E-state index contributed by atoms with van der Waals surface area (Å²) >= 11 is 6.37. The van der Waals surface area contributed by atoms with E-state index in [4.69, 9.17) is 23.0 Å². The highest BCUT2D eigenvalue weighted by Gasteiger charge is 2.23. The van der Waals surface area contributed by atoms with E-state index in [2.05, 4.69) is 21.3 Å². The number of aliphatic imine (C=N–C) groups is 2. The van der Waals surface area contributed by atoms with Crippen LogP contribution in [-0.2, 0) is 7.05 Å². The van der Waals surface area contributed by atoms with Gasteiger partial charge in [0.05, 0.1) is 30.1 Å². The zero-order valence-corrected chi connectivity index (χ0v) is 13.7. The minimum Gasteiger partial charge on any atom is -0.361 e. The zero-order valence-electron chi connectivity index (χ0n) is 13.0. The maximum Gasteiger partial charge on any atom is 0.162 e. The van der Waals surface area contributed by atoms with Crippen molar-refractivity contribution in [2.24, 2.45) is 17.0 Å². The Hall–Kier alpha value is -2.58. The molecule has 1 aromatic carbocycles. The van der Waals surface area contributed by atoms with Crippen LogP contribution >= 0.6 is 11.6 Å². The summed E-state index contributed by atoms with van der Waals surface area (Å²) in [4.78, 5) is 9.38. The molecule has 0 amide bonds. The van der Waals surface area contributed by atoms with Gasteiger partial charge < -0.3 is 5.32 Å². The molecule has 0 bridgehead atoms. The van der Waals surface area contributed by atoms with Crippen molar-refractivity contribution >= 4 is 29.0 Å². The van der Waals surface area contributed by atoms with E-state index in [-0.39, 0.29) is 0 Å². The Morgan fingerprint density at radius 1 is 1.39 bits per heavy atom. The van der Waals surface area contributed by atoms with Crippen LogP contribution in [-0.4, -0.2) is 34.4 Å². The molecule has 1 aliphatic heterocycles. The lowest BCUT2D eigenvalue weighted by Gasteiger charge is -2.07. The predicted octanol–water partition coefficient (Wildman–Crippen LogP) is 2.49. The molecule has 1 aliphatic rings. The van der Waals surface area contributed by atoms with Crippen molar-refractivity contribution in [2.45, 2.75) is 6.92 Å². The van der Waals surface area contributed by atoms with E-state index in [9.17, 15) is 0 Å². The van der Waals surface area contributed by atoms with Crippen LogP contribution in [0.1, 0.15) is 16.8 Å². The summed E-state index contributed by atoms with van der Waals surface area (Å²) in [5.41, 5.74) is 3.44. The topological polar surface area (TPSA) is 54.6 Å².